The van der Waals surface area contributed by atoms with E-state index in [1.165, 1.54) is 7.11 Å². The van der Waals surface area contributed by atoms with Gasteiger partial charge in [-0.15, -0.1) is 0 Å². The van der Waals surface area contributed by atoms with E-state index >= 15 is 0 Å². The number of hydrogen-bond acceptors (Lipinski definition) is 5. The number of nitrogens with zero attached hydrogens (tertiary/aromatic N) is 3. The van der Waals surface area contributed by atoms with Crippen LogP contribution in [0.1, 0.15) is 0 Å². The Morgan fingerprint density at radius 1 is 1.31 bits per heavy atom. The van der Waals surface area contributed by atoms with E-state index in [4.69, 9.17) is 21.0 Å². The molecule has 0 radical (unpaired) electrons. The summed E-state index contributed by atoms with van der Waals surface area (Å²) >= 11 is 0. The molecule has 1 aromatic carbocycles. The van der Waals surface area contributed by atoms with Gasteiger partial charge in [0.25, 0.3) is 0 Å². The van der Waals surface area contributed by atoms with E-state index in [0.29, 0.717) is 11.4 Å². The van der Waals surface area contributed by atoms with Crippen LogP contribution in [0.2, 0.25) is 0 Å². The van der Waals surface area contributed by atoms with E-state index in [-0.39, 0.29) is 13.1 Å². The molecule has 5 heteroatoms. The summed E-state index contributed by atoms with van der Waals surface area (Å²) in [7, 11) is 1.52. The molecule has 0 aliphatic rings. The third-order valence-corrected chi connectivity index (χ3v) is 2.11. The number of nitrogens with two attached hydrogens (primary N) is 1. The van der Waals surface area contributed by atoms with Crippen LogP contribution in [-0.4, -0.2) is 20.2 Å². The summed E-state index contributed by atoms with van der Waals surface area (Å²) in [5.74, 6) is 0.540. The van der Waals surface area contributed by atoms with E-state index in [1.54, 1.807) is 23.1 Å². The molecule has 0 fully saturated rings. The van der Waals surface area contributed by atoms with Gasteiger partial charge in [0.1, 0.15) is 18.8 Å². The standard InChI is InChI=1S/C11H12N4O/c1-16-11-8-9(2-3-10(11)14)15(6-4-12)7-5-13/h2-3,8H,6-7,14H2,1H3. The third-order valence-electron chi connectivity index (χ3n) is 2.11. The zero-order valence-corrected chi connectivity index (χ0v) is 8.97. The van der Waals surface area contributed by atoms with Gasteiger partial charge in [0.2, 0.25) is 0 Å². The van der Waals surface area contributed by atoms with Crippen molar-refractivity contribution in [3.8, 4) is 17.9 Å². The molecule has 5 nitrogen and oxygen atoms in total. The first-order chi connectivity index (χ1) is 7.72. The lowest BCUT2D eigenvalue weighted by Gasteiger charge is -2.19. The van der Waals surface area contributed by atoms with Crippen molar-refractivity contribution in [1.82, 2.24) is 0 Å². The molecule has 0 atom stereocenters. The Morgan fingerprint density at radius 3 is 2.44 bits per heavy atom. The summed E-state index contributed by atoms with van der Waals surface area (Å²) in [5, 5.41) is 17.3. The Kier molecular flexibility index (Phi) is 3.99. The van der Waals surface area contributed by atoms with Gasteiger partial charge in [-0.25, -0.2) is 0 Å². The minimum atomic E-state index is 0.153. The zero-order chi connectivity index (χ0) is 12.0. The maximum absolute atomic E-state index is 8.65. The first-order valence-electron chi connectivity index (χ1n) is 4.65. The second-order valence-corrected chi connectivity index (χ2v) is 3.10. The molecule has 2 N–H and O–H groups in total. The van der Waals surface area contributed by atoms with Crippen molar-refractivity contribution in [3.05, 3.63) is 18.2 Å². The highest BCUT2D eigenvalue weighted by atomic mass is 16.5. The number of anilines is 2. The lowest BCUT2D eigenvalue weighted by Crippen LogP contribution is -2.23. The van der Waals surface area contributed by atoms with Crippen LogP contribution >= 0.6 is 0 Å². The molecule has 0 bridgehead atoms. The summed E-state index contributed by atoms with van der Waals surface area (Å²) in [6, 6.07) is 9.17. The fourth-order valence-electron chi connectivity index (χ4n) is 1.31. The van der Waals surface area contributed by atoms with Gasteiger partial charge in [0.15, 0.2) is 0 Å². The van der Waals surface area contributed by atoms with Crippen molar-refractivity contribution in [2.24, 2.45) is 0 Å². The number of nitrogen functional groups attached to an aromatic ring is 1. The second-order valence-electron chi connectivity index (χ2n) is 3.10. The predicted molar refractivity (Wildman–Crippen MR) is 60.8 cm³/mol. The number of ether oxygens (including phenoxy) is 1. The van der Waals surface area contributed by atoms with Crippen LogP contribution in [0.3, 0.4) is 0 Å². The van der Waals surface area contributed by atoms with Gasteiger partial charge < -0.3 is 15.4 Å². The van der Waals surface area contributed by atoms with Gasteiger partial charge in [0, 0.05) is 11.8 Å². The molecule has 1 aromatic rings. The first-order valence-corrected chi connectivity index (χ1v) is 4.65. The number of nitriles is 2. The van der Waals surface area contributed by atoms with Gasteiger partial charge >= 0.3 is 0 Å². The lowest BCUT2D eigenvalue weighted by molar-refractivity contribution is 0.417. The van der Waals surface area contributed by atoms with Crippen molar-refractivity contribution in [3.63, 3.8) is 0 Å². The van der Waals surface area contributed by atoms with Crippen molar-refractivity contribution >= 4 is 11.4 Å². The van der Waals surface area contributed by atoms with Crippen LogP contribution in [0.4, 0.5) is 11.4 Å². The molecule has 16 heavy (non-hydrogen) atoms. The van der Waals surface area contributed by atoms with Gasteiger partial charge in [-0.2, -0.15) is 10.5 Å². The largest absolute Gasteiger partial charge is 0.495 e. The SMILES string of the molecule is COc1cc(N(CC#N)CC#N)ccc1N. The Balaban J connectivity index is 3.02. The second kappa shape index (κ2) is 5.47. The highest BCUT2D eigenvalue weighted by Crippen LogP contribution is 2.27. The van der Waals surface area contributed by atoms with Crippen molar-refractivity contribution in [1.29, 1.82) is 10.5 Å². The topological polar surface area (TPSA) is 86.1 Å². The average Bonchev–Trinajstić information content (AvgIpc) is 2.29. The molecule has 0 saturated heterocycles. The normalized spacial score (nSPS) is 8.94. The van der Waals surface area contributed by atoms with Crippen LogP contribution in [0.15, 0.2) is 18.2 Å². The highest BCUT2D eigenvalue weighted by molar-refractivity contribution is 5.62. The monoisotopic (exact) mass is 216 g/mol. The van der Waals surface area contributed by atoms with Gasteiger partial charge in [-0.3, -0.25) is 0 Å². The fraction of sp³-hybridized carbons (Fsp3) is 0.273. The molecular formula is C11H12N4O. The molecule has 0 spiro atoms. The van der Waals surface area contributed by atoms with Crippen molar-refractivity contribution in [2.45, 2.75) is 0 Å². The molecular weight excluding hydrogens is 204 g/mol. The lowest BCUT2D eigenvalue weighted by atomic mass is 10.2. The first kappa shape index (κ1) is 11.7. The van der Waals surface area contributed by atoms with Gasteiger partial charge in [-0.1, -0.05) is 0 Å². The van der Waals surface area contributed by atoms with E-state index in [2.05, 4.69) is 0 Å². The number of rotatable bonds is 4. The zero-order valence-electron chi connectivity index (χ0n) is 8.97. The Hall–Kier alpha value is -2.40. The van der Waals surface area contributed by atoms with E-state index in [1.807, 2.05) is 12.1 Å². The Labute approximate surface area is 94.3 Å². The highest BCUT2D eigenvalue weighted by Gasteiger charge is 2.08. The average molecular weight is 216 g/mol. The molecule has 0 amide bonds. The van der Waals surface area contributed by atoms with Crippen molar-refractivity contribution in [2.75, 3.05) is 30.8 Å². The smallest absolute Gasteiger partial charge is 0.143 e. The number of methoxy groups -OCH3 is 1. The molecule has 82 valence electrons. The fourth-order valence-corrected chi connectivity index (χ4v) is 1.31. The summed E-state index contributed by atoms with van der Waals surface area (Å²) in [5.41, 5.74) is 6.95. The summed E-state index contributed by atoms with van der Waals surface area (Å²) in [6.07, 6.45) is 0. The predicted octanol–water partition coefficient (Wildman–Crippen LogP) is 1.13. The molecule has 0 unspecified atom stereocenters. The van der Waals surface area contributed by atoms with Gasteiger partial charge in [0.05, 0.1) is 24.9 Å². The van der Waals surface area contributed by atoms with E-state index in [0.717, 1.165) is 5.69 Å². The quantitative estimate of drug-likeness (QED) is 0.602. The molecule has 0 aliphatic carbocycles. The number of benzene rings is 1. The molecule has 0 saturated carbocycles. The van der Waals surface area contributed by atoms with Crippen LogP contribution < -0.4 is 15.4 Å². The minimum absolute atomic E-state index is 0.153. The molecule has 0 aliphatic heterocycles. The van der Waals surface area contributed by atoms with E-state index in [9.17, 15) is 0 Å². The van der Waals surface area contributed by atoms with E-state index < -0.39 is 0 Å². The van der Waals surface area contributed by atoms with Crippen LogP contribution in [-0.2, 0) is 0 Å². The molecule has 0 heterocycles. The van der Waals surface area contributed by atoms with Crippen LogP contribution in [0, 0.1) is 22.7 Å². The number of hydrogen-bond donors (Lipinski definition) is 1. The molecule has 0 aromatic heterocycles. The van der Waals surface area contributed by atoms with Crippen LogP contribution in [0.25, 0.3) is 0 Å². The summed E-state index contributed by atoms with van der Waals surface area (Å²) < 4.78 is 5.07. The van der Waals surface area contributed by atoms with Crippen molar-refractivity contribution < 1.29 is 4.74 Å². The van der Waals surface area contributed by atoms with Gasteiger partial charge in [-0.05, 0) is 12.1 Å². The maximum Gasteiger partial charge on any atom is 0.143 e. The Morgan fingerprint density at radius 2 is 1.94 bits per heavy atom. The maximum atomic E-state index is 8.65. The summed E-state index contributed by atoms with van der Waals surface area (Å²) in [4.78, 5) is 1.64. The minimum Gasteiger partial charge on any atom is -0.495 e. The summed E-state index contributed by atoms with van der Waals surface area (Å²) in [6.45, 7) is 0.307. The molecule has 1 rings (SSSR count). The Bertz CT molecular complexity index is 428. The van der Waals surface area contributed by atoms with Crippen LogP contribution in [0.5, 0.6) is 5.75 Å². The third kappa shape index (κ3) is 2.55.